The van der Waals surface area contributed by atoms with Crippen LogP contribution in [0.2, 0.25) is 0 Å². The van der Waals surface area contributed by atoms with Crippen LogP contribution in [0.5, 0.6) is 0 Å². The molecule has 0 bridgehead atoms. The molecular weight excluding hydrogens is 168 g/mol. The van der Waals surface area contributed by atoms with Gasteiger partial charge in [-0.05, 0) is 26.8 Å². The van der Waals surface area contributed by atoms with Crippen LogP contribution in [0.1, 0.15) is 20.8 Å². The zero-order chi connectivity index (χ0) is 9.84. The van der Waals surface area contributed by atoms with E-state index in [1.54, 1.807) is 13.0 Å². The van der Waals surface area contributed by atoms with E-state index in [4.69, 9.17) is 9.47 Å². The van der Waals surface area contributed by atoms with Crippen LogP contribution < -0.4 is 0 Å². The molecule has 0 N–H and O–H groups in total. The molecule has 0 saturated heterocycles. The summed E-state index contributed by atoms with van der Waals surface area (Å²) < 4.78 is 10.1. The lowest BCUT2D eigenvalue weighted by molar-refractivity contribution is -0.157. The molecule has 1 aliphatic rings. The van der Waals surface area contributed by atoms with Crippen LogP contribution >= 0.6 is 0 Å². The molecule has 0 spiro atoms. The highest BCUT2D eigenvalue weighted by molar-refractivity contribution is 5.89. The van der Waals surface area contributed by atoms with Crippen LogP contribution in [0.15, 0.2) is 23.3 Å². The van der Waals surface area contributed by atoms with Crippen molar-refractivity contribution >= 4 is 5.97 Å². The number of hydrogen-bond acceptors (Lipinski definition) is 3. The number of cyclic esters (lactones) is 1. The predicted molar refractivity (Wildman–Crippen MR) is 49.0 cm³/mol. The van der Waals surface area contributed by atoms with Gasteiger partial charge in [0.1, 0.15) is 0 Å². The highest BCUT2D eigenvalue weighted by atomic mass is 16.7. The summed E-state index contributed by atoms with van der Waals surface area (Å²) in [6.45, 7) is 6.17. The van der Waals surface area contributed by atoms with E-state index < -0.39 is 6.29 Å². The van der Waals surface area contributed by atoms with Crippen molar-refractivity contribution in [3.63, 3.8) is 0 Å². The number of hydrogen-bond donors (Lipinski definition) is 0. The molecule has 0 fully saturated rings. The van der Waals surface area contributed by atoms with E-state index in [9.17, 15) is 4.79 Å². The Morgan fingerprint density at radius 3 is 2.85 bits per heavy atom. The monoisotopic (exact) mass is 182 g/mol. The normalized spacial score (nSPS) is 21.0. The maximum Gasteiger partial charge on any atom is 0.336 e. The Kier molecular flexibility index (Phi) is 3.25. The zero-order valence-corrected chi connectivity index (χ0v) is 8.16. The summed E-state index contributed by atoms with van der Waals surface area (Å²) in [6, 6.07) is 0. The topological polar surface area (TPSA) is 35.5 Å². The largest absolute Gasteiger partial charge is 0.429 e. The Morgan fingerprint density at radius 2 is 2.38 bits per heavy atom. The van der Waals surface area contributed by atoms with Crippen LogP contribution in [-0.4, -0.2) is 18.9 Å². The Labute approximate surface area is 78.0 Å². The smallest absolute Gasteiger partial charge is 0.336 e. The molecule has 0 aliphatic carbocycles. The third-order valence-corrected chi connectivity index (χ3v) is 1.68. The van der Waals surface area contributed by atoms with Gasteiger partial charge in [0.05, 0.1) is 6.61 Å². The average Bonchev–Trinajstić information content (AvgIpc) is 2.30. The third kappa shape index (κ3) is 3.03. The maximum atomic E-state index is 10.9. The van der Waals surface area contributed by atoms with Crippen LogP contribution in [0, 0.1) is 0 Å². The molecule has 1 atom stereocenters. The minimum atomic E-state index is -0.497. The van der Waals surface area contributed by atoms with E-state index in [0.29, 0.717) is 12.2 Å². The number of ether oxygens (including phenoxy) is 2. The Bertz CT molecular complexity index is 259. The van der Waals surface area contributed by atoms with Crippen molar-refractivity contribution in [1.29, 1.82) is 0 Å². The number of rotatable bonds is 3. The molecule has 3 nitrogen and oxygen atoms in total. The standard InChI is InChI=1S/C10H14O3/c1-7(2)4-5-12-9-6-8(3)10(11)13-9/h4,6,9H,5H2,1-3H3. The molecule has 3 heteroatoms. The first-order chi connectivity index (χ1) is 6.09. The summed E-state index contributed by atoms with van der Waals surface area (Å²) in [5.41, 5.74) is 1.80. The van der Waals surface area contributed by atoms with E-state index >= 15 is 0 Å². The molecule has 0 amide bonds. The van der Waals surface area contributed by atoms with Crippen molar-refractivity contribution in [2.24, 2.45) is 0 Å². The summed E-state index contributed by atoms with van der Waals surface area (Å²) in [6.07, 6.45) is 3.12. The fourth-order valence-electron chi connectivity index (χ4n) is 0.896. The van der Waals surface area contributed by atoms with Gasteiger partial charge in [0.15, 0.2) is 0 Å². The van der Waals surface area contributed by atoms with E-state index in [1.807, 2.05) is 19.9 Å². The van der Waals surface area contributed by atoms with Crippen molar-refractivity contribution in [3.05, 3.63) is 23.3 Å². The van der Waals surface area contributed by atoms with Crippen LogP contribution in [0.3, 0.4) is 0 Å². The quantitative estimate of drug-likeness (QED) is 0.493. The molecule has 1 unspecified atom stereocenters. The molecule has 0 aromatic heterocycles. The van der Waals surface area contributed by atoms with Gasteiger partial charge in [0.25, 0.3) is 0 Å². The Morgan fingerprint density at radius 1 is 1.69 bits per heavy atom. The van der Waals surface area contributed by atoms with Crippen LogP contribution in [0.25, 0.3) is 0 Å². The lowest BCUT2D eigenvalue weighted by Crippen LogP contribution is -2.12. The fourth-order valence-corrected chi connectivity index (χ4v) is 0.896. The molecule has 1 aliphatic heterocycles. The molecule has 0 radical (unpaired) electrons. The first-order valence-corrected chi connectivity index (χ1v) is 4.24. The van der Waals surface area contributed by atoms with Crippen LogP contribution in [-0.2, 0) is 14.3 Å². The van der Waals surface area contributed by atoms with Crippen LogP contribution in [0.4, 0.5) is 0 Å². The molecule has 1 heterocycles. The van der Waals surface area contributed by atoms with Gasteiger partial charge in [0, 0.05) is 5.57 Å². The van der Waals surface area contributed by atoms with Gasteiger partial charge in [-0.25, -0.2) is 4.79 Å². The molecular formula is C10H14O3. The van der Waals surface area contributed by atoms with Crippen molar-refractivity contribution in [1.82, 2.24) is 0 Å². The highest BCUT2D eigenvalue weighted by Gasteiger charge is 2.21. The second-order valence-corrected chi connectivity index (χ2v) is 3.24. The number of carbonyl (C=O) groups is 1. The van der Waals surface area contributed by atoms with E-state index in [1.165, 1.54) is 5.57 Å². The summed E-state index contributed by atoms with van der Waals surface area (Å²) in [4.78, 5) is 10.9. The second-order valence-electron chi connectivity index (χ2n) is 3.24. The first kappa shape index (κ1) is 9.99. The van der Waals surface area contributed by atoms with Gasteiger partial charge < -0.3 is 9.47 Å². The van der Waals surface area contributed by atoms with Gasteiger partial charge in [-0.1, -0.05) is 11.6 Å². The molecule has 1 rings (SSSR count). The SMILES string of the molecule is CC(C)=CCOC1C=C(C)C(=O)O1. The van der Waals surface area contributed by atoms with E-state index in [2.05, 4.69) is 0 Å². The highest BCUT2D eigenvalue weighted by Crippen LogP contribution is 2.13. The van der Waals surface area contributed by atoms with Gasteiger partial charge in [-0.2, -0.15) is 0 Å². The Balaban J connectivity index is 2.33. The Hall–Kier alpha value is -1.09. The predicted octanol–water partition coefficient (Wildman–Crippen LogP) is 1.80. The second kappa shape index (κ2) is 4.23. The van der Waals surface area contributed by atoms with Gasteiger partial charge in [-0.15, -0.1) is 0 Å². The summed E-state index contributed by atoms with van der Waals surface area (Å²) in [7, 11) is 0. The van der Waals surface area contributed by atoms with E-state index in [0.717, 1.165) is 0 Å². The lowest BCUT2D eigenvalue weighted by Gasteiger charge is -2.07. The summed E-state index contributed by atoms with van der Waals surface area (Å²) >= 11 is 0. The van der Waals surface area contributed by atoms with Crippen molar-refractivity contribution in [2.45, 2.75) is 27.1 Å². The number of allylic oxidation sites excluding steroid dienone is 1. The minimum absolute atomic E-state index is 0.290. The van der Waals surface area contributed by atoms with Gasteiger partial charge in [-0.3, -0.25) is 0 Å². The molecule has 0 aromatic carbocycles. The fraction of sp³-hybridized carbons (Fsp3) is 0.500. The minimum Gasteiger partial charge on any atom is -0.429 e. The lowest BCUT2D eigenvalue weighted by atomic mass is 10.3. The maximum absolute atomic E-state index is 10.9. The number of carbonyl (C=O) groups excluding carboxylic acids is 1. The average molecular weight is 182 g/mol. The molecule has 72 valence electrons. The van der Waals surface area contributed by atoms with E-state index in [-0.39, 0.29) is 5.97 Å². The summed E-state index contributed by atoms with van der Waals surface area (Å²) in [5, 5.41) is 0. The van der Waals surface area contributed by atoms with Crippen molar-refractivity contribution < 1.29 is 14.3 Å². The number of esters is 1. The molecule has 0 saturated carbocycles. The third-order valence-electron chi connectivity index (χ3n) is 1.68. The van der Waals surface area contributed by atoms with Crippen molar-refractivity contribution in [3.8, 4) is 0 Å². The van der Waals surface area contributed by atoms with Gasteiger partial charge in [0.2, 0.25) is 6.29 Å². The summed E-state index contributed by atoms with van der Waals surface area (Å²) in [5.74, 6) is -0.290. The molecule has 0 aromatic rings. The van der Waals surface area contributed by atoms with Gasteiger partial charge >= 0.3 is 5.97 Å². The first-order valence-electron chi connectivity index (χ1n) is 4.24. The zero-order valence-electron chi connectivity index (χ0n) is 8.16. The molecule has 13 heavy (non-hydrogen) atoms. The van der Waals surface area contributed by atoms with Crippen molar-refractivity contribution in [2.75, 3.05) is 6.61 Å².